The maximum absolute atomic E-state index is 13.8. The number of ether oxygens (including phenoxy) is 1. The molecular formula is C27H29N7O4. The van der Waals surface area contributed by atoms with Gasteiger partial charge in [0.05, 0.1) is 29.0 Å². The topological polar surface area (TPSA) is 133 Å². The number of imide groups is 1. The molecule has 2 aliphatic heterocycles. The second-order valence-electron chi connectivity index (χ2n) is 10.3. The van der Waals surface area contributed by atoms with Gasteiger partial charge in [0.2, 0.25) is 11.7 Å². The highest BCUT2D eigenvalue weighted by molar-refractivity contribution is 6.23. The van der Waals surface area contributed by atoms with E-state index in [-0.39, 0.29) is 12.2 Å². The van der Waals surface area contributed by atoms with Crippen LogP contribution in [-0.2, 0) is 9.53 Å². The number of nitrogens with zero attached hydrogens (tertiary/aromatic N) is 5. The summed E-state index contributed by atoms with van der Waals surface area (Å²) < 4.78 is 5.87. The van der Waals surface area contributed by atoms with Crippen molar-refractivity contribution in [2.75, 3.05) is 23.3 Å². The first-order valence-electron chi connectivity index (χ1n) is 12.9. The largest absolute Gasteiger partial charge is 0.372 e. The van der Waals surface area contributed by atoms with Gasteiger partial charge in [0.15, 0.2) is 0 Å². The molecule has 3 heterocycles. The molecule has 6 rings (SSSR count). The van der Waals surface area contributed by atoms with Gasteiger partial charge in [-0.3, -0.25) is 19.3 Å². The average molecular weight is 516 g/mol. The number of hydrogen-bond donors (Lipinski definition) is 2. The van der Waals surface area contributed by atoms with Crippen LogP contribution < -0.4 is 10.2 Å². The second kappa shape index (κ2) is 9.64. The number of benzene rings is 2. The van der Waals surface area contributed by atoms with E-state index in [1.807, 2.05) is 26.0 Å². The number of hydrogen-bond acceptors (Lipinski definition) is 8. The van der Waals surface area contributed by atoms with E-state index >= 15 is 0 Å². The molecule has 0 spiro atoms. The maximum Gasteiger partial charge on any atom is 0.262 e. The van der Waals surface area contributed by atoms with Crippen LogP contribution in [0.15, 0.2) is 42.5 Å². The lowest BCUT2D eigenvalue weighted by molar-refractivity contribution is -0.120. The van der Waals surface area contributed by atoms with Crippen molar-refractivity contribution >= 4 is 29.1 Å². The standard InChI is InChI=1S/C27H29N7O4/c1-15-13-33(14-16(2)38-15)18-9-10-22(21(12-18)24-29-31-32-30-24)28-25(35)23(11-17-7-8-17)34-26(36)19-5-3-4-6-20(19)27(34)37/h3-6,9-10,12,15-17,23H,7-8,11,13-14H2,1-2H3,(H,28,35)(H,29,30,31,32)/t15-,16?,23-/m0/s1. The Labute approximate surface area is 219 Å². The zero-order chi connectivity index (χ0) is 26.4. The minimum Gasteiger partial charge on any atom is -0.372 e. The van der Waals surface area contributed by atoms with E-state index < -0.39 is 23.8 Å². The molecule has 1 aromatic heterocycles. The summed E-state index contributed by atoms with van der Waals surface area (Å²) >= 11 is 0. The molecule has 2 fully saturated rings. The number of aromatic amines is 1. The number of carbonyl (C=O) groups excluding carboxylic acids is 3. The van der Waals surface area contributed by atoms with E-state index in [0.717, 1.165) is 36.5 Å². The van der Waals surface area contributed by atoms with Crippen LogP contribution in [0.5, 0.6) is 0 Å². The number of carbonyl (C=O) groups is 3. The van der Waals surface area contributed by atoms with Gasteiger partial charge in [0.25, 0.3) is 11.8 Å². The molecule has 0 bridgehead atoms. The van der Waals surface area contributed by atoms with Crippen molar-refractivity contribution in [1.82, 2.24) is 25.5 Å². The Morgan fingerprint density at radius 1 is 1.05 bits per heavy atom. The van der Waals surface area contributed by atoms with Crippen LogP contribution in [0.3, 0.4) is 0 Å². The molecule has 0 radical (unpaired) electrons. The summed E-state index contributed by atoms with van der Waals surface area (Å²) in [6.45, 7) is 5.53. The van der Waals surface area contributed by atoms with Crippen molar-refractivity contribution in [3.8, 4) is 11.4 Å². The lowest BCUT2D eigenvalue weighted by Gasteiger charge is -2.37. The molecule has 1 saturated heterocycles. The van der Waals surface area contributed by atoms with Gasteiger partial charge in [-0.25, -0.2) is 0 Å². The Bertz CT molecular complexity index is 1340. The smallest absolute Gasteiger partial charge is 0.262 e. The normalized spacial score (nSPS) is 21.9. The lowest BCUT2D eigenvalue weighted by atomic mass is 10.1. The number of amides is 3. The van der Waals surface area contributed by atoms with E-state index in [4.69, 9.17) is 4.74 Å². The highest BCUT2D eigenvalue weighted by Gasteiger charge is 2.44. The summed E-state index contributed by atoms with van der Waals surface area (Å²) in [4.78, 5) is 43.5. The Hall–Kier alpha value is -4.12. The SMILES string of the molecule is CC1CN(c2ccc(NC(=O)[C@H](CC3CC3)N3C(=O)c4ccccc4C3=O)c(-c3nn[nH]n3)c2)C[C@H](C)O1. The molecule has 3 aromatic rings. The van der Waals surface area contributed by atoms with Crippen molar-refractivity contribution < 1.29 is 19.1 Å². The Morgan fingerprint density at radius 2 is 1.74 bits per heavy atom. The number of H-pyrrole nitrogens is 1. The van der Waals surface area contributed by atoms with Crippen molar-refractivity contribution in [3.05, 3.63) is 53.6 Å². The number of fused-ring (bicyclic) bond motifs is 1. The van der Waals surface area contributed by atoms with Gasteiger partial charge in [-0.2, -0.15) is 5.21 Å². The van der Waals surface area contributed by atoms with Gasteiger partial charge >= 0.3 is 0 Å². The highest BCUT2D eigenvalue weighted by atomic mass is 16.5. The fourth-order valence-electron chi connectivity index (χ4n) is 5.39. The summed E-state index contributed by atoms with van der Waals surface area (Å²) in [5.41, 5.74) is 2.67. The molecule has 2 N–H and O–H groups in total. The van der Waals surface area contributed by atoms with Crippen molar-refractivity contribution in [2.24, 2.45) is 5.92 Å². The van der Waals surface area contributed by atoms with Gasteiger partial charge < -0.3 is 15.0 Å². The third kappa shape index (κ3) is 4.53. The molecule has 38 heavy (non-hydrogen) atoms. The van der Waals surface area contributed by atoms with Gasteiger partial charge in [-0.05, 0) is 61.7 Å². The molecule has 3 aliphatic rings. The quantitative estimate of drug-likeness (QED) is 0.459. The number of aromatic nitrogens is 4. The van der Waals surface area contributed by atoms with E-state index in [0.29, 0.717) is 40.5 Å². The van der Waals surface area contributed by atoms with Gasteiger partial charge in [-0.15, -0.1) is 10.2 Å². The van der Waals surface area contributed by atoms with Crippen molar-refractivity contribution in [3.63, 3.8) is 0 Å². The number of morpholine rings is 1. The predicted octanol–water partition coefficient (Wildman–Crippen LogP) is 2.88. The first-order chi connectivity index (χ1) is 18.4. The average Bonchev–Trinajstić information content (AvgIpc) is 3.48. The first-order valence-corrected chi connectivity index (χ1v) is 12.9. The van der Waals surface area contributed by atoms with Crippen LogP contribution in [0, 0.1) is 5.92 Å². The second-order valence-corrected chi connectivity index (χ2v) is 10.3. The van der Waals surface area contributed by atoms with Crippen molar-refractivity contribution in [1.29, 1.82) is 0 Å². The van der Waals surface area contributed by atoms with Gasteiger partial charge in [0, 0.05) is 24.3 Å². The van der Waals surface area contributed by atoms with Gasteiger partial charge in [0.1, 0.15) is 6.04 Å². The van der Waals surface area contributed by atoms with E-state index in [9.17, 15) is 14.4 Å². The zero-order valence-corrected chi connectivity index (χ0v) is 21.3. The van der Waals surface area contributed by atoms with E-state index in [1.54, 1.807) is 30.3 Å². The molecule has 1 unspecified atom stereocenters. The number of anilines is 2. The molecule has 11 nitrogen and oxygen atoms in total. The Balaban J connectivity index is 1.31. The third-order valence-corrected chi connectivity index (χ3v) is 7.33. The van der Waals surface area contributed by atoms with Crippen LogP contribution in [0.25, 0.3) is 11.4 Å². The number of tetrazole rings is 1. The molecule has 11 heteroatoms. The van der Waals surface area contributed by atoms with Crippen LogP contribution in [0.4, 0.5) is 11.4 Å². The predicted molar refractivity (Wildman–Crippen MR) is 139 cm³/mol. The molecule has 3 atom stereocenters. The summed E-state index contributed by atoms with van der Waals surface area (Å²) in [6.07, 6.45) is 2.54. The molecule has 2 aromatic carbocycles. The highest BCUT2D eigenvalue weighted by Crippen LogP contribution is 2.38. The Morgan fingerprint density at radius 3 is 2.34 bits per heavy atom. The molecule has 1 saturated carbocycles. The third-order valence-electron chi connectivity index (χ3n) is 7.33. The monoisotopic (exact) mass is 515 g/mol. The lowest BCUT2D eigenvalue weighted by Crippen LogP contribution is -2.47. The van der Waals surface area contributed by atoms with Crippen molar-refractivity contribution in [2.45, 2.75) is 51.4 Å². The summed E-state index contributed by atoms with van der Waals surface area (Å²) in [7, 11) is 0. The summed E-state index contributed by atoms with van der Waals surface area (Å²) in [6, 6.07) is 11.4. The number of rotatable bonds is 7. The van der Waals surface area contributed by atoms with E-state index in [2.05, 4.69) is 30.8 Å². The van der Waals surface area contributed by atoms with Crippen LogP contribution in [0.1, 0.15) is 53.8 Å². The summed E-state index contributed by atoms with van der Waals surface area (Å²) in [5.74, 6) is -0.653. The molecule has 1 aliphatic carbocycles. The van der Waals surface area contributed by atoms with E-state index in [1.165, 1.54) is 0 Å². The molecular weight excluding hydrogens is 486 g/mol. The van der Waals surface area contributed by atoms with Gasteiger partial charge in [-0.1, -0.05) is 25.0 Å². The number of nitrogens with one attached hydrogen (secondary N) is 2. The van der Waals surface area contributed by atoms with Crippen LogP contribution in [-0.4, -0.2) is 74.6 Å². The van der Waals surface area contributed by atoms with Crippen LogP contribution in [0.2, 0.25) is 0 Å². The first kappa shape index (κ1) is 24.2. The minimum atomic E-state index is -0.923. The molecule has 3 amide bonds. The fraction of sp³-hybridized carbons (Fsp3) is 0.407. The maximum atomic E-state index is 13.8. The minimum absolute atomic E-state index is 0.0783. The fourth-order valence-corrected chi connectivity index (χ4v) is 5.39. The molecule has 196 valence electrons. The Kier molecular flexibility index (Phi) is 6.15. The van der Waals surface area contributed by atoms with Crippen LogP contribution >= 0.6 is 0 Å². The zero-order valence-electron chi connectivity index (χ0n) is 21.3. The summed E-state index contributed by atoms with van der Waals surface area (Å²) in [5, 5.41) is 17.4.